The van der Waals surface area contributed by atoms with E-state index in [9.17, 15) is 9.90 Å². The SMILES string of the molecule is N#C/C(=C\c1ccc(OCC(=O)[O-])cc1)C(N)=S. The second kappa shape index (κ2) is 6.37. The van der Waals surface area contributed by atoms with Crippen LogP contribution in [-0.4, -0.2) is 17.6 Å². The van der Waals surface area contributed by atoms with Crippen LogP contribution in [0, 0.1) is 11.3 Å². The number of carbonyl (C=O) groups is 1. The summed E-state index contributed by atoms with van der Waals surface area (Å²) in [5.74, 6) is -0.899. The van der Waals surface area contributed by atoms with Gasteiger partial charge in [0.25, 0.3) is 0 Å². The second-order valence-electron chi connectivity index (χ2n) is 3.26. The summed E-state index contributed by atoms with van der Waals surface area (Å²) in [6.45, 7) is -0.508. The summed E-state index contributed by atoms with van der Waals surface area (Å²) in [7, 11) is 0. The largest absolute Gasteiger partial charge is 0.546 e. The van der Waals surface area contributed by atoms with E-state index < -0.39 is 12.6 Å². The zero-order valence-corrected chi connectivity index (χ0v) is 10.1. The Morgan fingerprint density at radius 1 is 1.50 bits per heavy atom. The first-order valence-electron chi connectivity index (χ1n) is 4.87. The molecule has 6 heteroatoms. The smallest absolute Gasteiger partial charge is 0.128 e. The van der Waals surface area contributed by atoms with E-state index in [1.54, 1.807) is 24.3 Å². The van der Waals surface area contributed by atoms with E-state index in [2.05, 4.69) is 0 Å². The van der Waals surface area contributed by atoms with Crippen molar-refractivity contribution in [2.24, 2.45) is 5.73 Å². The fourth-order valence-corrected chi connectivity index (χ4v) is 1.23. The third-order valence-electron chi connectivity index (χ3n) is 1.93. The lowest BCUT2D eigenvalue weighted by atomic mass is 10.1. The van der Waals surface area contributed by atoms with Crippen LogP contribution in [-0.2, 0) is 4.79 Å². The standard InChI is InChI=1S/C12H10N2O3S/c13-6-9(12(14)18)5-8-1-3-10(4-2-8)17-7-11(15)16/h1-5H,7H2,(H2,14,18)(H,15,16)/p-1/b9-5+. The van der Waals surface area contributed by atoms with Gasteiger partial charge in [0, 0.05) is 0 Å². The Labute approximate surface area is 109 Å². The number of nitriles is 1. The highest BCUT2D eigenvalue weighted by Gasteiger charge is 2.00. The van der Waals surface area contributed by atoms with Crippen LogP contribution in [0.5, 0.6) is 5.75 Å². The molecule has 0 fully saturated rings. The number of hydrogen-bond acceptors (Lipinski definition) is 5. The molecule has 0 unspecified atom stereocenters. The van der Waals surface area contributed by atoms with E-state index in [1.165, 1.54) is 6.08 Å². The van der Waals surface area contributed by atoms with Gasteiger partial charge in [-0.2, -0.15) is 5.26 Å². The first-order chi connectivity index (χ1) is 8.52. The van der Waals surface area contributed by atoms with Crippen molar-refractivity contribution in [1.82, 2.24) is 0 Å². The molecule has 0 radical (unpaired) electrons. The first-order valence-corrected chi connectivity index (χ1v) is 5.28. The first kappa shape index (κ1) is 13.7. The number of nitrogens with two attached hydrogens (primary N) is 1. The highest BCUT2D eigenvalue weighted by atomic mass is 32.1. The molecular formula is C12H9N2O3S-. The fourth-order valence-electron chi connectivity index (χ4n) is 1.13. The number of nitrogens with zero attached hydrogens (tertiary/aromatic N) is 1. The van der Waals surface area contributed by atoms with Gasteiger partial charge >= 0.3 is 0 Å². The third-order valence-corrected chi connectivity index (χ3v) is 2.15. The number of aliphatic carboxylic acids is 1. The summed E-state index contributed by atoms with van der Waals surface area (Å²) < 4.78 is 4.90. The Kier molecular flexibility index (Phi) is 4.84. The molecule has 1 aromatic rings. The lowest BCUT2D eigenvalue weighted by molar-refractivity contribution is -0.307. The van der Waals surface area contributed by atoms with Crippen molar-refractivity contribution >= 4 is 29.3 Å². The van der Waals surface area contributed by atoms with Crippen molar-refractivity contribution < 1.29 is 14.6 Å². The molecule has 0 spiro atoms. The number of carbonyl (C=O) groups excluding carboxylic acids is 1. The Hall–Kier alpha value is -2.39. The molecule has 0 aliphatic heterocycles. The summed E-state index contributed by atoms with van der Waals surface area (Å²) in [4.78, 5) is 10.2. The number of carboxylic acids is 1. The molecule has 18 heavy (non-hydrogen) atoms. The predicted octanol–water partition coefficient (Wildman–Crippen LogP) is 0.00838. The molecule has 1 rings (SSSR count). The van der Waals surface area contributed by atoms with Crippen molar-refractivity contribution in [1.29, 1.82) is 5.26 Å². The van der Waals surface area contributed by atoms with E-state index in [0.29, 0.717) is 11.3 Å². The lowest BCUT2D eigenvalue weighted by Gasteiger charge is -2.06. The van der Waals surface area contributed by atoms with Crippen LogP contribution < -0.4 is 15.6 Å². The van der Waals surface area contributed by atoms with Crippen molar-refractivity contribution in [3.63, 3.8) is 0 Å². The van der Waals surface area contributed by atoms with E-state index in [4.69, 9.17) is 28.0 Å². The van der Waals surface area contributed by atoms with Gasteiger partial charge in [0.15, 0.2) is 0 Å². The Balaban J connectivity index is 2.80. The van der Waals surface area contributed by atoms with E-state index in [0.717, 1.165) is 0 Å². The molecule has 0 saturated carbocycles. The molecule has 0 atom stereocenters. The number of benzene rings is 1. The van der Waals surface area contributed by atoms with E-state index in [-0.39, 0.29) is 10.6 Å². The van der Waals surface area contributed by atoms with Gasteiger partial charge in [0.2, 0.25) is 0 Å². The number of thiocarbonyl (C=S) groups is 1. The van der Waals surface area contributed by atoms with Crippen LogP contribution >= 0.6 is 12.2 Å². The molecule has 92 valence electrons. The number of ether oxygens (including phenoxy) is 1. The maximum atomic E-state index is 10.2. The summed E-state index contributed by atoms with van der Waals surface area (Å²) in [6, 6.07) is 8.33. The van der Waals surface area contributed by atoms with Gasteiger partial charge in [-0.15, -0.1) is 0 Å². The minimum Gasteiger partial charge on any atom is -0.546 e. The Morgan fingerprint density at radius 2 is 2.11 bits per heavy atom. The third kappa shape index (κ3) is 4.23. The van der Waals surface area contributed by atoms with E-state index in [1.807, 2.05) is 6.07 Å². The molecular weight excluding hydrogens is 252 g/mol. The van der Waals surface area contributed by atoms with Gasteiger partial charge in [0.1, 0.15) is 23.4 Å². The van der Waals surface area contributed by atoms with Gasteiger partial charge < -0.3 is 20.4 Å². The van der Waals surface area contributed by atoms with Crippen LogP contribution in [0.15, 0.2) is 29.8 Å². The average molecular weight is 261 g/mol. The lowest BCUT2D eigenvalue weighted by Crippen LogP contribution is -2.28. The molecule has 0 amide bonds. The summed E-state index contributed by atoms with van der Waals surface area (Å²) in [6.07, 6.45) is 1.53. The second-order valence-corrected chi connectivity index (χ2v) is 3.70. The zero-order chi connectivity index (χ0) is 13.5. The topological polar surface area (TPSA) is 99.2 Å². The molecule has 0 bridgehead atoms. The quantitative estimate of drug-likeness (QED) is 0.455. The van der Waals surface area contributed by atoms with Crippen molar-refractivity contribution in [2.45, 2.75) is 0 Å². The highest BCUT2D eigenvalue weighted by molar-refractivity contribution is 7.80. The molecule has 0 aromatic heterocycles. The minimum atomic E-state index is -1.29. The molecule has 0 saturated heterocycles. The number of rotatable bonds is 5. The minimum absolute atomic E-state index is 0.0229. The van der Waals surface area contributed by atoms with Gasteiger partial charge in [-0.25, -0.2) is 0 Å². The molecule has 1 aromatic carbocycles. The molecule has 5 nitrogen and oxygen atoms in total. The van der Waals surface area contributed by atoms with Gasteiger partial charge in [-0.3, -0.25) is 0 Å². The monoisotopic (exact) mass is 261 g/mol. The Morgan fingerprint density at radius 3 is 2.56 bits per heavy atom. The normalized spacial score (nSPS) is 10.5. The summed E-state index contributed by atoms with van der Waals surface area (Å²) in [5, 5.41) is 19.0. The molecule has 0 aliphatic rings. The van der Waals surface area contributed by atoms with Crippen LogP contribution in [0.25, 0.3) is 6.08 Å². The van der Waals surface area contributed by atoms with Crippen LogP contribution in [0.3, 0.4) is 0 Å². The zero-order valence-electron chi connectivity index (χ0n) is 9.25. The number of carboxylic acid groups (broad SMARTS) is 1. The van der Waals surface area contributed by atoms with Gasteiger partial charge in [0.05, 0.1) is 11.5 Å². The summed E-state index contributed by atoms with van der Waals surface area (Å²) in [5.41, 5.74) is 6.26. The van der Waals surface area contributed by atoms with E-state index >= 15 is 0 Å². The maximum absolute atomic E-state index is 10.2. The van der Waals surface area contributed by atoms with Gasteiger partial charge in [-0.1, -0.05) is 24.4 Å². The van der Waals surface area contributed by atoms with Crippen LogP contribution in [0.4, 0.5) is 0 Å². The van der Waals surface area contributed by atoms with Gasteiger partial charge in [-0.05, 0) is 23.8 Å². The predicted molar refractivity (Wildman–Crippen MR) is 67.3 cm³/mol. The fraction of sp³-hybridized carbons (Fsp3) is 0.0833. The highest BCUT2D eigenvalue weighted by Crippen LogP contribution is 2.14. The molecule has 2 N–H and O–H groups in total. The summed E-state index contributed by atoms with van der Waals surface area (Å²) >= 11 is 4.70. The van der Waals surface area contributed by atoms with Crippen LogP contribution in [0.2, 0.25) is 0 Å². The molecule has 0 aliphatic carbocycles. The Bertz CT molecular complexity index is 529. The van der Waals surface area contributed by atoms with Crippen molar-refractivity contribution in [2.75, 3.05) is 6.61 Å². The maximum Gasteiger partial charge on any atom is 0.128 e. The molecule has 0 heterocycles. The van der Waals surface area contributed by atoms with Crippen LogP contribution in [0.1, 0.15) is 5.56 Å². The van der Waals surface area contributed by atoms with Crippen molar-refractivity contribution in [3.05, 3.63) is 35.4 Å². The van der Waals surface area contributed by atoms with Crippen molar-refractivity contribution in [3.8, 4) is 11.8 Å². The average Bonchev–Trinajstić information content (AvgIpc) is 2.34. The number of hydrogen-bond donors (Lipinski definition) is 1.